The minimum Gasteiger partial charge on any atom is -0.369 e. The molecule has 0 fully saturated rings. The summed E-state index contributed by atoms with van der Waals surface area (Å²) in [6.07, 6.45) is 1.60. The van der Waals surface area contributed by atoms with E-state index in [0.29, 0.717) is 25.1 Å². The fraction of sp³-hybridized carbons (Fsp3) is 0.467. The first-order valence-electron chi connectivity index (χ1n) is 6.86. The molecule has 118 valence electrons. The quantitative estimate of drug-likeness (QED) is 0.716. The first-order valence-corrected chi connectivity index (χ1v) is 6.86. The number of anilines is 1. The van der Waals surface area contributed by atoms with Gasteiger partial charge in [-0.15, -0.1) is 12.4 Å². The average molecular weight is 314 g/mol. The second kappa shape index (κ2) is 8.64. The number of halogens is 1. The second-order valence-electron chi connectivity index (χ2n) is 4.99. The normalized spacial score (nSPS) is 10.6. The van der Waals surface area contributed by atoms with E-state index in [1.807, 2.05) is 13.8 Å². The monoisotopic (exact) mass is 313 g/mol. The second-order valence-corrected chi connectivity index (χ2v) is 4.99. The zero-order valence-corrected chi connectivity index (χ0v) is 13.3. The fourth-order valence-electron chi connectivity index (χ4n) is 2.12. The van der Waals surface area contributed by atoms with Crippen molar-refractivity contribution in [2.24, 2.45) is 16.9 Å². The van der Waals surface area contributed by atoms with Crippen LogP contribution in [0.1, 0.15) is 32.3 Å². The smallest absolute Gasteiger partial charge is 0.231 e. The summed E-state index contributed by atoms with van der Waals surface area (Å²) in [6.45, 7) is 4.25. The Hall–Kier alpha value is -1.59. The lowest BCUT2D eigenvalue weighted by Crippen LogP contribution is -2.41. The summed E-state index contributed by atoms with van der Waals surface area (Å²) >= 11 is 0. The van der Waals surface area contributed by atoms with E-state index in [4.69, 9.17) is 11.5 Å². The maximum atomic E-state index is 12.3. The van der Waals surface area contributed by atoms with Crippen LogP contribution in [0.15, 0.2) is 24.3 Å². The van der Waals surface area contributed by atoms with E-state index < -0.39 is 5.41 Å². The number of amides is 2. The third-order valence-corrected chi connectivity index (χ3v) is 3.82. The summed E-state index contributed by atoms with van der Waals surface area (Å²) in [5, 5.41) is 2.88. The first kappa shape index (κ1) is 19.4. The van der Waals surface area contributed by atoms with Gasteiger partial charge in [0, 0.05) is 12.2 Å². The number of nitrogens with two attached hydrogens (primary N) is 2. The highest BCUT2D eigenvalue weighted by molar-refractivity contribution is 5.95. The summed E-state index contributed by atoms with van der Waals surface area (Å²) in [4.78, 5) is 23.1. The number of primary amides is 1. The number of nitrogens with one attached hydrogen (secondary N) is 1. The molecule has 21 heavy (non-hydrogen) atoms. The van der Waals surface area contributed by atoms with Gasteiger partial charge in [0.1, 0.15) is 0 Å². The Morgan fingerprint density at radius 3 is 2.05 bits per heavy atom. The molecule has 0 aliphatic carbocycles. The molecule has 0 saturated carbocycles. The Morgan fingerprint density at radius 1 is 1.14 bits per heavy atom. The summed E-state index contributed by atoms with van der Waals surface area (Å²) in [5.41, 5.74) is 11.9. The molecule has 2 amide bonds. The third-order valence-electron chi connectivity index (χ3n) is 3.82. The van der Waals surface area contributed by atoms with Gasteiger partial charge in [0.2, 0.25) is 11.8 Å². The molecule has 0 aliphatic rings. The van der Waals surface area contributed by atoms with Crippen molar-refractivity contribution in [3.63, 3.8) is 0 Å². The van der Waals surface area contributed by atoms with Crippen LogP contribution in [0.2, 0.25) is 0 Å². The van der Waals surface area contributed by atoms with Gasteiger partial charge in [-0.05, 0) is 30.5 Å². The summed E-state index contributed by atoms with van der Waals surface area (Å²) in [5.74, 6) is -0.437. The zero-order chi connectivity index (χ0) is 15.2. The number of hydrogen-bond donors (Lipinski definition) is 3. The van der Waals surface area contributed by atoms with Crippen LogP contribution in [0.5, 0.6) is 0 Å². The Labute approximate surface area is 131 Å². The molecule has 5 N–H and O–H groups in total. The number of rotatable bonds is 7. The maximum Gasteiger partial charge on any atom is 0.231 e. The van der Waals surface area contributed by atoms with Crippen LogP contribution in [0, 0.1) is 5.41 Å². The highest BCUT2D eigenvalue weighted by Crippen LogP contribution is 2.27. The number of carbonyl (C=O) groups is 2. The van der Waals surface area contributed by atoms with E-state index in [1.54, 1.807) is 24.3 Å². The lowest BCUT2D eigenvalue weighted by Gasteiger charge is -2.28. The van der Waals surface area contributed by atoms with Gasteiger partial charge in [-0.2, -0.15) is 0 Å². The number of benzene rings is 1. The maximum absolute atomic E-state index is 12.3. The molecule has 6 heteroatoms. The van der Waals surface area contributed by atoms with Crippen molar-refractivity contribution in [1.82, 2.24) is 0 Å². The van der Waals surface area contributed by atoms with Crippen LogP contribution in [0.4, 0.5) is 5.69 Å². The summed E-state index contributed by atoms with van der Waals surface area (Å²) < 4.78 is 0. The molecule has 1 aromatic carbocycles. The molecule has 1 aromatic rings. The minimum atomic E-state index is -0.522. The van der Waals surface area contributed by atoms with Crippen molar-refractivity contribution >= 4 is 29.9 Å². The molecule has 5 nitrogen and oxygen atoms in total. The highest BCUT2D eigenvalue weighted by Gasteiger charge is 2.33. The van der Waals surface area contributed by atoms with Gasteiger partial charge in [0.15, 0.2) is 0 Å². The van der Waals surface area contributed by atoms with E-state index in [9.17, 15) is 9.59 Å². The lowest BCUT2D eigenvalue weighted by atomic mass is 9.81. The Kier molecular flexibility index (Phi) is 7.99. The fourth-order valence-corrected chi connectivity index (χ4v) is 2.12. The van der Waals surface area contributed by atoms with E-state index in [-0.39, 0.29) is 30.6 Å². The third kappa shape index (κ3) is 5.02. The predicted molar refractivity (Wildman–Crippen MR) is 87.3 cm³/mol. The zero-order valence-electron chi connectivity index (χ0n) is 12.5. The molecule has 0 radical (unpaired) electrons. The highest BCUT2D eigenvalue weighted by atomic mass is 35.5. The van der Waals surface area contributed by atoms with Crippen LogP contribution < -0.4 is 16.8 Å². The van der Waals surface area contributed by atoms with Crippen molar-refractivity contribution < 1.29 is 9.59 Å². The van der Waals surface area contributed by atoms with Gasteiger partial charge >= 0.3 is 0 Å². The first-order chi connectivity index (χ1) is 9.47. The van der Waals surface area contributed by atoms with E-state index in [0.717, 1.165) is 5.56 Å². The molecule has 0 aliphatic heterocycles. The van der Waals surface area contributed by atoms with Gasteiger partial charge in [-0.3, -0.25) is 9.59 Å². The molecule has 0 bridgehead atoms. The molecule has 0 heterocycles. The average Bonchev–Trinajstić information content (AvgIpc) is 2.43. The molecule has 0 atom stereocenters. The van der Waals surface area contributed by atoms with Crippen molar-refractivity contribution in [3.8, 4) is 0 Å². The van der Waals surface area contributed by atoms with E-state index in [1.165, 1.54) is 0 Å². The van der Waals surface area contributed by atoms with Crippen molar-refractivity contribution in [1.29, 1.82) is 0 Å². The molecule has 0 aromatic heterocycles. The summed E-state index contributed by atoms with van der Waals surface area (Å²) in [7, 11) is 0. The van der Waals surface area contributed by atoms with Gasteiger partial charge in [-0.25, -0.2) is 0 Å². The van der Waals surface area contributed by atoms with Crippen LogP contribution in [0.3, 0.4) is 0 Å². The van der Waals surface area contributed by atoms with Crippen molar-refractivity contribution in [2.45, 2.75) is 33.1 Å². The van der Waals surface area contributed by atoms with Gasteiger partial charge in [0.05, 0.1) is 11.8 Å². The van der Waals surface area contributed by atoms with E-state index >= 15 is 0 Å². The largest absolute Gasteiger partial charge is 0.369 e. The SMILES string of the molecule is CCC(CC)(CN)C(=O)Nc1ccc(CC(N)=O)cc1.Cl. The minimum absolute atomic E-state index is 0. The predicted octanol–water partition coefficient (Wildman–Crippen LogP) is 1.84. The van der Waals surface area contributed by atoms with E-state index in [2.05, 4.69) is 5.32 Å². The van der Waals surface area contributed by atoms with Crippen molar-refractivity contribution in [3.05, 3.63) is 29.8 Å². The Balaban J connectivity index is 0.00000400. The molecule has 0 unspecified atom stereocenters. The summed E-state index contributed by atoms with van der Waals surface area (Å²) in [6, 6.07) is 7.09. The number of hydrogen-bond acceptors (Lipinski definition) is 3. The van der Waals surface area contributed by atoms with Gasteiger partial charge in [-0.1, -0.05) is 26.0 Å². The Morgan fingerprint density at radius 2 is 1.67 bits per heavy atom. The molecule has 1 rings (SSSR count). The van der Waals surface area contributed by atoms with Crippen molar-refractivity contribution in [2.75, 3.05) is 11.9 Å². The van der Waals surface area contributed by atoms with Crippen LogP contribution in [-0.2, 0) is 16.0 Å². The van der Waals surface area contributed by atoms with Gasteiger partial charge in [0.25, 0.3) is 0 Å². The topological polar surface area (TPSA) is 98.2 Å². The van der Waals surface area contributed by atoms with Crippen LogP contribution >= 0.6 is 12.4 Å². The van der Waals surface area contributed by atoms with Gasteiger partial charge < -0.3 is 16.8 Å². The standard InChI is InChI=1S/C15H23N3O2.ClH/c1-3-15(4-2,10-16)14(20)18-12-7-5-11(6-8-12)9-13(17)19;/h5-8H,3-4,9-10,16H2,1-2H3,(H2,17,19)(H,18,20);1H. The molecular weight excluding hydrogens is 290 g/mol. The molecule has 0 spiro atoms. The van der Waals surface area contributed by atoms with Crippen LogP contribution in [0.25, 0.3) is 0 Å². The molecule has 0 saturated heterocycles. The van der Waals surface area contributed by atoms with Crippen LogP contribution in [-0.4, -0.2) is 18.4 Å². The Bertz CT molecular complexity index is 462. The molecular formula is C15H24ClN3O2. The lowest BCUT2D eigenvalue weighted by molar-refractivity contribution is -0.125. The number of carbonyl (C=O) groups excluding carboxylic acids is 2.